The molecule has 2 heteroatoms. The van der Waals surface area contributed by atoms with Crippen LogP contribution < -0.4 is 9.47 Å². The molecule has 0 bridgehead atoms. The third kappa shape index (κ3) is 5.53. The van der Waals surface area contributed by atoms with E-state index in [2.05, 4.69) is 32.1 Å². The van der Waals surface area contributed by atoms with Gasteiger partial charge in [-0.3, -0.25) is 0 Å². The lowest BCUT2D eigenvalue weighted by Gasteiger charge is -2.13. The lowest BCUT2D eigenvalue weighted by Crippen LogP contribution is -1.95. The van der Waals surface area contributed by atoms with Crippen LogP contribution in [0, 0.1) is 0 Å². The van der Waals surface area contributed by atoms with Gasteiger partial charge in [0, 0.05) is 0 Å². The van der Waals surface area contributed by atoms with Gasteiger partial charge in [0.1, 0.15) is 5.75 Å². The summed E-state index contributed by atoms with van der Waals surface area (Å²) in [5.74, 6) is 2.31. The number of hydrogen-bond acceptors (Lipinski definition) is 2. The fourth-order valence-electron chi connectivity index (χ4n) is 2.57. The summed E-state index contributed by atoms with van der Waals surface area (Å²) in [5, 5.41) is 0. The third-order valence-electron chi connectivity index (χ3n) is 3.90. The maximum Gasteiger partial charge on any atom is 0.169 e. The summed E-state index contributed by atoms with van der Waals surface area (Å²) in [7, 11) is 0. The Bertz CT molecular complexity index is 724. The smallest absolute Gasteiger partial charge is 0.169 e. The average molecular weight is 336 g/mol. The predicted octanol–water partition coefficient (Wildman–Crippen LogP) is 7.11. The Morgan fingerprint density at radius 3 is 2.40 bits per heavy atom. The number of unbranched alkanes of at least 4 members (excludes halogenated alkanes) is 1. The lowest BCUT2D eigenvalue weighted by atomic mass is 10.1. The third-order valence-corrected chi connectivity index (χ3v) is 3.90. The molecule has 0 fully saturated rings. The molecule has 0 heterocycles. The summed E-state index contributed by atoms with van der Waals surface area (Å²) < 4.78 is 11.8. The molecule has 0 radical (unpaired) electrons. The molecule has 0 aliphatic rings. The van der Waals surface area contributed by atoms with Crippen LogP contribution in [-0.4, -0.2) is 6.61 Å². The van der Waals surface area contributed by atoms with Gasteiger partial charge in [-0.1, -0.05) is 49.8 Å². The summed E-state index contributed by atoms with van der Waals surface area (Å²) >= 11 is 0. The van der Waals surface area contributed by atoms with E-state index in [1.54, 1.807) is 0 Å². The van der Waals surface area contributed by atoms with Gasteiger partial charge in [0.2, 0.25) is 0 Å². The normalized spacial score (nSPS) is 11.8. The van der Waals surface area contributed by atoms with Crippen molar-refractivity contribution in [3.63, 3.8) is 0 Å². The van der Waals surface area contributed by atoms with Crippen molar-refractivity contribution in [1.29, 1.82) is 0 Å². The number of rotatable bonds is 8. The molecule has 0 aromatic heterocycles. The molecule has 0 saturated heterocycles. The minimum Gasteiger partial charge on any atom is -0.490 e. The van der Waals surface area contributed by atoms with E-state index in [4.69, 9.17) is 9.47 Å². The van der Waals surface area contributed by atoms with Crippen LogP contribution in [0.15, 0.2) is 54.6 Å². The Labute approximate surface area is 151 Å². The Kier molecular flexibility index (Phi) is 7.34. The molecule has 2 rings (SSSR count). The monoisotopic (exact) mass is 336 g/mol. The highest BCUT2D eigenvalue weighted by Gasteiger charge is 2.07. The Balaban J connectivity index is 2.22. The molecular weight excluding hydrogens is 308 g/mol. The first-order valence-corrected chi connectivity index (χ1v) is 9.02. The van der Waals surface area contributed by atoms with Crippen molar-refractivity contribution in [2.24, 2.45) is 0 Å². The van der Waals surface area contributed by atoms with E-state index in [9.17, 15) is 0 Å². The van der Waals surface area contributed by atoms with Crippen molar-refractivity contribution in [3.05, 3.63) is 65.7 Å². The van der Waals surface area contributed by atoms with Crippen LogP contribution >= 0.6 is 0 Å². The van der Waals surface area contributed by atoms with Gasteiger partial charge in [-0.25, -0.2) is 0 Å². The highest BCUT2D eigenvalue weighted by molar-refractivity contribution is 5.64. The van der Waals surface area contributed by atoms with Crippen molar-refractivity contribution >= 4 is 11.6 Å². The summed E-state index contributed by atoms with van der Waals surface area (Å²) in [6.45, 7) is 8.94. The molecule has 0 aliphatic heterocycles. The fourth-order valence-corrected chi connectivity index (χ4v) is 2.57. The van der Waals surface area contributed by atoms with E-state index >= 15 is 0 Å². The van der Waals surface area contributed by atoms with Gasteiger partial charge in [0.05, 0.1) is 6.61 Å². The van der Waals surface area contributed by atoms with Crippen molar-refractivity contribution in [2.45, 2.75) is 40.5 Å². The minimum atomic E-state index is 0.611. The second-order valence-electron chi connectivity index (χ2n) is 5.94. The molecule has 0 N–H and O–H groups in total. The zero-order valence-corrected chi connectivity index (χ0v) is 15.7. The van der Waals surface area contributed by atoms with Crippen LogP contribution in [0.5, 0.6) is 17.2 Å². The molecular formula is C23H28O2. The lowest BCUT2D eigenvalue weighted by molar-refractivity contribution is 0.321. The van der Waals surface area contributed by atoms with Gasteiger partial charge in [-0.05, 0) is 68.2 Å². The van der Waals surface area contributed by atoms with Crippen LogP contribution in [0.3, 0.4) is 0 Å². The van der Waals surface area contributed by atoms with Crippen molar-refractivity contribution in [3.8, 4) is 17.2 Å². The molecule has 0 unspecified atom stereocenters. The Hall–Kier alpha value is -2.48. The van der Waals surface area contributed by atoms with Gasteiger partial charge >= 0.3 is 0 Å². The molecule has 2 nitrogen and oxygen atoms in total. The van der Waals surface area contributed by atoms with Gasteiger partial charge in [0.25, 0.3) is 0 Å². The molecule has 0 atom stereocenters. The summed E-state index contributed by atoms with van der Waals surface area (Å²) in [6, 6.07) is 14.2. The van der Waals surface area contributed by atoms with Gasteiger partial charge < -0.3 is 9.47 Å². The maximum absolute atomic E-state index is 6.09. The number of allylic oxidation sites excluding steroid dienone is 3. The molecule has 0 spiro atoms. The number of hydrogen-bond donors (Lipinski definition) is 0. The van der Waals surface area contributed by atoms with Crippen molar-refractivity contribution in [2.75, 3.05) is 6.61 Å². The molecule has 2 aromatic carbocycles. The van der Waals surface area contributed by atoms with E-state index < -0.39 is 0 Å². The predicted molar refractivity (Wildman–Crippen MR) is 107 cm³/mol. The molecule has 0 amide bonds. The molecule has 2 aromatic rings. The molecule has 0 aliphatic carbocycles. The van der Waals surface area contributed by atoms with Crippen LogP contribution in [0.2, 0.25) is 0 Å². The molecule has 0 saturated carbocycles. The average Bonchev–Trinajstić information content (AvgIpc) is 2.63. The first-order valence-electron chi connectivity index (χ1n) is 9.02. The Morgan fingerprint density at radius 2 is 1.76 bits per heavy atom. The maximum atomic E-state index is 6.09. The topological polar surface area (TPSA) is 18.5 Å². The summed E-state index contributed by atoms with van der Waals surface area (Å²) in [6.07, 6.45) is 8.62. The zero-order chi connectivity index (χ0) is 18.1. The molecule has 132 valence electrons. The fraction of sp³-hybridized carbons (Fsp3) is 0.304. The van der Waals surface area contributed by atoms with Crippen molar-refractivity contribution in [1.82, 2.24) is 0 Å². The second-order valence-corrected chi connectivity index (χ2v) is 5.94. The Morgan fingerprint density at radius 1 is 1.00 bits per heavy atom. The van der Waals surface area contributed by atoms with Gasteiger partial charge in [-0.15, -0.1) is 0 Å². The largest absolute Gasteiger partial charge is 0.490 e. The van der Waals surface area contributed by atoms with Crippen LogP contribution in [0.25, 0.3) is 11.6 Å². The van der Waals surface area contributed by atoms with E-state index in [1.807, 2.05) is 56.3 Å². The van der Waals surface area contributed by atoms with Crippen LogP contribution in [-0.2, 0) is 0 Å². The quantitative estimate of drug-likeness (QED) is 0.511. The standard InChI is InChI=1S/C23H28O2/c1-5-8-10-18(4)20-12-14-21(15-13-20)25-23-17-19(9-6-2)11-16-22(23)24-7-3/h6,9-17H,5,7-8H2,1-4H3/b9-6+,18-10+. The minimum absolute atomic E-state index is 0.611. The molecule has 25 heavy (non-hydrogen) atoms. The van der Waals surface area contributed by atoms with Gasteiger partial charge in [-0.2, -0.15) is 0 Å². The van der Waals surface area contributed by atoms with Crippen LogP contribution in [0.1, 0.15) is 51.7 Å². The van der Waals surface area contributed by atoms with E-state index in [1.165, 1.54) is 17.6 Å². The van der Waals surface area contributed by atoms with E-state index in [0.29, 0.717) is 6.61 Å². The summed E-state index contributed by atoms with van der Waals surface area (Å²) in [5.41, 5.74) is 3.63. The zero-order valence-electron chi connectivity index (χ0n) is 15.7. The first kappa shape index (κ1) is 18.9. The number of ether oxygens (including phenoxy) is 2. The van der Waals surface area contributed by atoms with E-state index in [-0.39, 0.29) is 0 Å². The summed E-state index contributed by atoms with van der Waals surface area (Å²) in [4.78, 5) is 0. The second kappa shape index (κ2) is 9.73. The number of benzene rings is 2. The van der Waals surface area contributed by atoms with Crippen molar-refractivity contribution < 1.29 is 9.47 Å². The highest BCUT2D eigenvalue weighted by atomic mass is 16.5. The highest BCUT2D eigenvalue weighted by Crippen LogP contribution is 2.33. The van der Waals surface area contributed by atoms with Gasteiger partial charge in [0.15, 0.2) is 11.5 Å². The van der Waals surface area contributed by atoms with E-state index in [0.717, 1.165) is 29.2 Å². The first-order chi connectivity index (χ1) is 12.2. The SMILES string of the molecule is C/C=C/c1ccc(OCC)c(Oc2ccc(/C(C)=C/CCC)cc2)c1. The van der Waals surface area contributed by atoms with Crippen LogP contribution in [0.4, 0.5) is 0 Å².